The first kappa shape index (κ1) is 43.0. The average molecular weight is 650 g/mol. The fourth-order valence-corrected chi connectivity index (χ4v) is 5.81. The summed E-state index contributed by atoms with van der Waals surface area (Å²) < 4.78 is 32.5. The van der Waals surface area contributed by atoms with Gasteiger partial charge in [-0.2, -0.15) is 0 Å². The van der Waals surface area contributed by atoms with Crippen LogP contribution in [0.3, 0.4) is 0 Å². The van der Waals surface area contributed by atoms with E-state index < -0.39 is 26.5 Å². The SMILES string of the molecule is CCCCCCCCCCCCCCCC(=O)OC(COC(=O)CCCCCCCCCCCC)COP(=O)(O)OCCN. The molecule has 0 bridgehead atoms. The lowest BCUT2D eigenvalue weighted by Crippen LogP contribution is -2.29. The molecule has 0 aliphatic rings. The first-order valence-corrected chi connectivity index (χ1v) is 19.5. The molecule has 0 spiro atoms. The second-order valence-corrected chi connectivity index (χ2v) is 13.6. The summed E-state index contributed by atoms with van der Waals surface area (Å²) in [5, 5.41) is 0. The molecule has 9 nitrogen and oxygen atoms in total. The Labute approximate surface area is 269 Å². The lowest BCUT2D eigenvalue weighted by atomic mass is 10.0. The molecule has 0 saturated heterocycles. The summed E-state index contributed by atoms with van der Waals surface area (Å²) in [7, 11) is -4.36. The molecule has 0 radical (unpaired) electrons. The molecule has 0 aliphatic carbocycles. The predicted molar refractivity (Wildman–Crippen MR) is 178 cm³/mol. The fourth-order valence-electron chi connectivity index (χ4n) is 5.05. The van der Waals surface area contributed by atoms with E-state index in [4.69, 9.17) is 24.3 Å². The molecule has 0 aliphatic heterocycles. The molecule has 44 heavy (non-hydrogen) atoms. The maximum Gasteiger partial charge on any atom is 0.472 e. The van der Waals surface area contributed by atoms with Crippen LogP contribution in [0.1, 0.15) is 174 Å². The Kier molecular flexibility index (Phi) is 31.3. The molecule has 0 heterocycles. The summed E-state index contributed by atoms with van der Waals surface area (Å²) in [5.41, 5.74) is 5.32. The van der Waals surface area contributed by atoms with Crippen molar-refractivity contribution >= 4 is 19.8 Å². The molecule has 0 fully saturated rings. The molecule has 0 aromatic rings. The molecule has 10 heteroatoms. The summed E-state index contributed by atoms with van der Waals surface area (Å²) >= 11 is 0. The summed E-state index contributed by atoms with van der Waals surface area (Å²) in [6, 6.07) is 0. The van der Waals surface area contributed by atoms with Crippen LogP contribution in [-0.4, -0.2) is 49.3 Å². The van der Waals surface area contributed by atoms with E-state index in [0.717, 1.165) is 32.1 Å². The van der Waals surface area contributed by atoms with Gasteiger partial charge in [0.2, 0.25) is 0 Å². The first-order chi connectivity index (χ1) is 21.3. The Morgan fingerprint density at radius 1 is 0.591 bits per heavy atom. The standard InChI is InChI=1S/C34H68NO8P/c1-3-5-7-9-11-13-15-16-17-19-21-23-25-27-34(37)43-32(31-42-44(38,39)41-29-28-35)30-40-33(36)26-24-22-20-18-14-12-10-8-6-4-2/h32H,3-31,35H2,1-2H3,(H,38,39). The van der Waals surface area contributed by atoms with Gasteiger partial charge in [-0.3, -0.25) is 18.6 Å². The van der Waals surface area contributed by atoms with Crippen molar-refractivity contribution in [1.82, 2.24) is 0 Å². The van der Waals surface area contributed by atoms with Crippen LogP contribution in [-0.2, 0) is 32.7 Å². The van der Waals surface area contributed by atoms with Crippen molar-refractivity contribution in [3.8, 4) is 0 Å². The molecule has 3 N–H and O–H groups in total. The minimum Gasteiger partial charge on any atom is -0.462 e. The van der Waals surface area contributed by atoms with Gasteiger partial charge in [-0.15, -0.1) is 0 Å². The summed E-state index contributed by atoms with van der Waals surface area (Å²) in [6.45, 7) is 3.72. The van der Waals surface area contributed by atoms with E-state index in [9.17, 15) is 19.0 Å². The Morgan fingerprint density at radius 3 is 1.39 bits per heavy atom. The Balaban J connectivity index is 4.23. The van der Waals surface area contributed by atoms with Crippen LogP contribution in [0.4, 0.5) is 0 Å². The van der Waals surface area contributed by atoms with Gasteiger partial charge < -0.3 is 20.1 Å². The van der Waals surface area contributed by atoms with Crippen LogP contribution in [0.5, 0.6) is 0 Å². The van der Waals surface area contributed by atoms with Crippen molar-refractivity contribution in [2.75, 3.05) is 26.4 Å². The minimum absolute atomic E-state index is 0.0576. The number of rotatable bonds is 34. The maximum atomic E-state index is 12.5. The van der Waals surface area contributed by atoms with Crippen molar-refractivity contribution in [2.45, 2.75) is 180 Å². The van der Waals surface area contributed by atoms with Gasteiger partial charge in [0.05, 0.1) is 13.2 Å². The molecular weight excluding hydrogens is 581 g/mol. The van der Waals surface area contributed by atoms with E-state index in [1.54, 1.807) is 0 Å². The first-order valence-electron chi connectivity index (χ1n) is 18.0. The molecule has 0 aromatic carbocycles. The van der Waals surface area contributed by atoms with E-state index >= 15 is 0 Å². The normalized spacial score (nSPS) is 13.5. The Morgan fingerprint density at radius 2 is 0.977 bits per heavy atom. The molecule has 0 saturated carbocycles. The number of phosphoric ester groups is 1. The summed E-state index contributed by atoms with van der Waals surface area (Å²) in [5.74, 6) is -0.822. The van der Waals surface area contributed by atoms with Gasteiger partial charge in [0.25, 0.3) is 0 Å². The zero-order valence-electron chi connectivity index (χ0n) is 28.4. The van der Waals surface area contributed by atoms with Gasteiger partial charge in [0.1, 0.15) is 6.61 Å². The van der Waals surface area contributed by atoms with Crippen LogP contribution in [0.2, 0.25) is 0 Å². The maximum absolute atomic E-state index is 12.5. The van der Waals surface area contributed by atoms with Crippen molar-refractivity contribution in [1.29, 1.82) is 0 Å². The number of carbonyl (C=O) groups is 2. The summed E-state index contributed by atoms with van der Waals surface area (Å²) in [6.07, 6.45) is 27.0. The van der Waals surface area contributed by atoms with E-state index in [2.05, 4.69) is 13.8 Å². The van der Waals surface area contributed by atoms with Crippen molar-refractivity contribution < 1.29 is 37.6 Å². The van der Waals surface area contributed by atoms with Crippen LogP contribution in [0, 0.1) is 0 Å². The topological polar surface area (TPSA) is 134 Å². The molecule has 2 atom stereocenters. The molecule has 0 amide bonds. The lowest BCUT2D eigenvalue weighted by Gasteiger charge is -2.19. The van der Waals surface area contributed by atoms with Gasteiger partial charge in [-0.1, -0.05) is 149 Å². The number of nitrogens with two attached hydrogens (primary N) is 1. The van der Waals surface area contributed by atoms with Crippen molar-refractivity contribution in [2.24, 2.45) is 5.73 Å². The van der Waals surface area contributed by atoms with E-state index in [1.165, 1.54) is 109 Å². The van der Waals surface area contributed by atoms with Crippen LogP contribution >= 0.6 is 7.82 Å². The van der Waals surface area contributed by atoms with E-state index in [-0.39, 0.29) is 38.6 Å². The van der Waals surface area contributed by atoms with Crippen LogP contribution < -0.4 is 5.73 Å². The molecule has 0 aromatic heterocycles. The molecule has 262 valence electrons. The highest BCUT2D eigenvalue weighted by Crippen LogP contribution is 2.43. The summed E-state index contributed by atoms with van der Waals surface area (Å²) in [4.78, 5) is 34.6. The third-order valence-corrected chi connectivity index (χ3v) is 8.73. The van der Waals surface area contributed by atoms with Crippen LogP contribution in [0.15, 0.2) is 0 Å². The fraction of sp³-hybridized carbons (Fsp3) is 0.941. The number of hydrogen-bond acceptors (Lipinski definition) is 8. The zero-order valence-corrected chi connectivity index (χ0v) is 29.3. The predicted octanol–water partition coefficient (Wildman–Crippen LogP) is 9.33. The highest BCUT2D eigenvalue weighted by Gasteiger charge is 2.25. The molecule has 0 rings (SSSR count). The highest BCUT2D eigenvalue weighted by molar-refractivity contribution is 7.47. The second kappa shape index (κ2) is 32.0. The third kappa shape index (κ3) is 31.0. The Bertz CT molecular complexity index is 709. The Hall–Kier alpha value is -0.990. The zero-order chi connectivity index (χ0) is 32.6. The smallest absolute Gasteiger partial charge is 0.462 e. The van der Waals surface area contributed by atoms with Crippen molar-refractivity contribution in [3.63, 3.8) is 0 Å². The van der Waals surface area contributed by atoms with E-state index in [0.29, 0.717) is 6.42 Å². The average Bonchev–Trinajstić information content (AvgIpc) is 3.00. The number of carbonyl (C=O) groups excluding carboxylic acids is 2. The van der Waals surface area contributed by atoms with Gasteiger partial charge >= 0.3 is 19.8 Å². The van der Waals surface area contributed by atoms with Gasteiger partial charge in [-0.25, -0.2) is 4.57 Å². The quantitative estimate of drug-likeness (QED) is 0.0397. The van der Waals surface area contributed by atoms with E-state index in [1.807, 2.05) is 0 Å². The number of hydrogen-bond donors (Lipinski definition) is 2. The third-order valence-electron chi connectivity index (χ3n) is 7.74. The van der Waals surface area contributed by atoms with Crippen molar-refractivity contribution in [3.05, 3.63) is 0 Å². The number of unbranched alkanes of at least 4 members (excludes halogenated alkanes) is 21. The minimum atomic E-state index is -4.36. The molecule has 2 unspecified atom stereocenters. The van der Waals surface area contributed by atoms with Gasteiger partial charge in [0.15, 0.2) is 6.10 Å². The van der Waals surface area contributed by atoms with Gasteiger partial charge in [-0.05, 0) is 12.8 Å². The van der Waals surface area contributed by atoms with Gasteiger partial charge in [0, 0.05) is 19.4 Å². The monoisotopic (exact) mass is 649 g/mol. The number of esters is 2. The lowest BCUT2D eigenvalue weighted by molar-refractivity contribution is -0.161. The molecular formula is C34H68NO8P. The second-order valence-electron chi connectivity index (χ2n) is 12.1. The van der Waals surface area contributed by atoms with Crippen LogP contribution in [0.25, 0.3) is 0 Å². The largest absolute Gasteiger partial charge is 0.472 e. The highest BCUT2D eigenvalue weighted by atomic mass is 31.2. The number of ether oxygens (including phenoxy) is 2. The number of phosphoric acid groups is 1.